The molecular formula is C30H26N4O4S. The quantitative estimate of drug-likeness (QED) is 0.162. The van der Waals surface area contributed by atoms with Crippen molar-refractivity contribution in [2.45, 2.75) is 33.2 Å². The number of hydrogen-bond acceptors (Lipinski definition) is 7. The Morgan fingerprint density at radius 2 is 1.90 bits per heavy atom. The van der Waals surface area contributed by atoms with Crippen molar-refractivity contribution in [2.24, 2.45) is 0 Å². The Kier molecular flexibility index (Phi) is 6.15. The number of nitrogens with zero attached hydrogens (tertiary/aromatic N) is 4. The molecule has 6 rings (SSSR count). The molecule has 0 bridgehead atoms. The molecule has 3 aromatic heterocycles. The Morgan fingerprint density at radius 3 is 2.72 bits per heavy atom. The Balaban J connectivity index is 1.59. The third kappa shape index (κ3) is 4.15. The molecule has 1 atom stereocenters. The lowest BCUT2D eigenvalue weighted by molar-refractivity contribution is -0.132. The number of anilines is 1. The predicted molar refractivity (Wildman–Crippen MR) is 151 cm³/mol. The number of hydrogen-bond donors (Lipinski definition) is 1. The van der Waals surface area contributed by atoms with Crippen LogP contribution < -0.4 is 9.64 Å². The van der Waals surface area contributed by atoms with Gasteiger partial charge in [-0.25, -0.2) is 9.97 Å². The maximum absolute atomic E-state index is 13.7. The molecular weight excluding hydrogens is 512 g/mol. The molecule has 9 heteroatoms. The van der Waals surface area contributed by atoms with E-state index in [0.29, 0.717) is 40.1 Å². The Bertz CT molecular complexity index is 1800. The van der Waals surface area contributed by atoms with Crippen LogP contribution in [0.2, 0.25) is 0 Å². The summed E-state index contributed by atoms with van der Waals surface area (Å²) >= 11 is 1.34. The number of carbonyl (C=O) groups excluding carboxylic acids is 2. The van der Waals surface area contributed by atoms with Gasteiger partial charge in [-0.05, 0) is 67.8 Å². The third-order valence-corrected chi connectivity index (χ3v) is 7.78. The first-order valence-corrected chi connectivity index (χ1v) is 13.5. The van der Waals surface area contributed by atoms with E-state index in [1.54, 1.807) is 17.5 Å². The summed E-state index contributed by atoms with van der Waals surface area (Å²) in [4.78, 5) is 38.0. The smallest absolute Gasteiger partial charge is 0.301 e. The van der Waals surface area contributed by atoms with E-state index in [4.69, 9.17) is 9.72 Å². The fourth-order valence-electron chi connectivity index (χ4n) is 4.99. The number of thiazole rings is 1. The van der Waals surface area contributed by atoms with Gasteiger partial charge in [-0.1, -0.05) is 42.5 Å². The van der Waals surface area contributed by atoms with E-state index in [1.807, 2.05) is 74.5 Å². The average molecular weight is 539 g/mol. The van der Waals surface area contributed by atoms with Gasteiger partial charge in [0.15, 0.2) is 10.9 Å². The highest BCUT2D eigenvalue weighted by molar-refractivity contribution is 7.22. The van der Waals surface area contributed by atoms with Gasteiger partial charge in [0.25, 0.3) is 5.78 Å². The van der Waals surface area contributed by atoms with Gasteiger partial charge >= 0.3 is 5.91 Å². The number of aliphatic hydroxyl groups is 1. The summed E-state index contributed by atoms with van der Waals surface area (Å²) in [5.41, 5.74) is 3.95. The zero-order chi connectivity index (χ0) is 27.3. The third-order valence-electron chi connectivity index (χ3n) is 6.76. The van der Waals surface area contributed by atoms with Crippen LogP contribution in [0.5, 0.6) is 5.75 Å². The summed E-state index contributed by atoms with van der Waals surface area (Å²) < 4.78 is 8.49. The Labute approximate surface area is 228 Å². The SMILES string of the molecule is CCCOc1cccc(C2/C(=C(\O)c3c(C)nc4ccccn34)C(=O)C(=O)N2c2nc3ccc(C)cc3s2)c1. The average Bonchev–Trinajstić information content (AvgIpc) is 3.57. The Morgan fingerprint density at radius 1 is 1.05 bits per heavy atom. The fraction of sp³-hybridized carbons (Fsp3) is 0.200. The molecule has 2 aromatic carbocycles. The van der Waals surface area contributed by atoms with Crippen LogP contribution in [-0.2, 0) is 9.59 Å². The molecule has 39 heavy (non-hydrogen) atoms. The number of aryl methyl sites for hydroxylation is 2. The van der Waals surface area contributed by atoms with Gasteiger partial charge in [0.1, 0.15) is 17.1 Å². The summed E-state index contributed by atoms with van der Waals surface area (Å²) in [6.07, 6.45) is 2.60. The van der Waals surface area contributed by atoms with E-state index in [2.05, 4.69) is 4.98 Å². The van der Waals surface area contributed by atoms with E-state index in [-0.39, 0.29) is 11.3 Å². The number of aliphatic hydroxyl groups excluding tert-OH is 1. The summed E-state index contributed by atoms with van der Waals surface area (Å²) in [6, 6.07) is 17.7. The van der Waals surface area contributed by atoms with Crippen molar-refractivity contribution in [3.63, 3.8) is 0 Å². The molecule has 0 aliphatic carbocycles. The predicted octanol–water partition coefficient (Wildman–Crippen LogP) is 5.98. The zero-order valence-electron chi connectivity index (χ0n) is 21.7. The second-order valence-electron chi connectivity index (χ2n) is 9.53. The van der Waals surface area contributed by atoms with Crippen LogP contribution in [0.25, 0.3) is 21.6 Å². The maximum Gasteiger partial charge on any atom is 0.301 e. The van der Waals surface area contributed by atoms with Gasteiger partial charge in [0.2, 0.25) is 0 Å². The van der Waals surface area contributed by atoms with Crippen LogP contribution in [0.3, 0.4) is 0 Å². The number of amides is 1. The van der Waals surface area contributed by atoms with Crippen molar-refractivity contribution in [3.05, 3.63) is 94.9 Å². The topological polar surface area (TPSA) is 97.0 Å². The number of fused-ring (bicyclic) bond motifs is 2. The summed E-state index contributed by atoms with van der Waals surface area (Å²) in [7, 11) is 0. The number of ether oxygens (including phenoxy) is 1. The molecule has 1 aliphatic heterocycles. The van der Waals surface area contributed by atoms with Crippen molar-refractivity contribution >= 4 is 49.8 Å². The van der Waals surface area contributed by atoms with Crippen molar-refractivity contribution in [1.82, 2.24) is 14.4 Å². The molecule has 1 amide bonds. The van der Waals surface area contributed by atoms with E-state index < -0.39 is 17.7 Å². The molecule has 4 heterocycles. The van der Waals surface area contributed by atoms with Gasteiger partial charge in [0, 0.05) is 6.20 Å². The number of Topliss-reactive ketones (excluding diaryl/α,β-unsaturated/α-hetero) is 1. The molecule has 196 valence electrons. The normalized spacial score (nSPS) is 17.0. The van der Waals surface area contributed by atoms with Crippen molar-refractivity contribution < 1.29 is 19.4 Å². The lowest BCUT2D eigenvalue weighted by atomic mass is 9.96. The maximum atomic E-state index is 13.7. The molecule has 0 radical (unpaired) electrons. The molecule has 1 saturated heterocycles. The zero-order valence-corrected chi connectivity index (χ0v) is 22.5. The Hall–Kier alpha value is -4.50. The highest BCUT2D eigenvalue weighted by atomic mass is 32.1. The highest BCUT2D eigenvalue weighted by Crippen LogP contribution is 2.45. The van der Waals surface area contributed by atoms with Gasteiger partial charge in [-0.15, -0.1) is 0 Å². The van der Waals surface area contributed by atoms with Crippen LogP contribution >= 0.6 is 11.3 Å². The van der Waals surface area contributed by atoms with E-state index >= 15 is 0 Å². The molecule has 8 nitrogen and oxygen atoms in total. The van der Waals surface area contributed by atoms with E-state index in [0.717, 1.165) is 22.2 Å². The monoisotopic (exact) mass is 538 g/mol. The first-order chi connectivity index (χ1) is 18.9. The molecule has 5 aromatic rings. The second-order valence-corrected chi connectivity index (χ2v) is 10.5. The molecule has 0 saturated carbocycles. The summed E-state index contributed by atoms with van der Waals surface area (Å²) in [5.74, 6) is -1.19. The number of benzene rings is 2. The second kappa shape index (κ2) is 9.67. The number of rotatable bonds is 6. The first-order valence-electron chi connectivity index (χ1n) is 12.7. The van der Waals surface area contributed by atoms with Crippen LogP contribution in [0.4, 0.5) is 5.13 Å². The van der Waals surface area contributed by atoms with Gasteiger partial charge in [-0.3, -0.25) is 18.9 Å². The minimum atomic E-state index is -0.912. The number of pyridine rings is 1. The minimum Gasteiger partial charge on any atom is -0.505 e. The minimum absolute atomic E-state index is 0.0168. The highest BCUT2D eigenvalue weighted by Gasteiger charge is 2.48. The number of ketones is 1. The number of aromatic nitrogens is 3. The molecule has 1 unspecified atom stereocenters. The van der Waals surface area contributed by atoms with Gasteiger partial charge in [-0.2, -0.15) is 0 Å². The van der Waals surface area contributed by atoms with Crippen LogP contribution in [-0.4, -0.2) is 37.8 Å². The molecule has 0 spiro atoms. The molecule has 1 N–H and O–H groups in total. The van der Waals surface area contributed by atoms with Gasteiger partial charge in [0.05, 0.1) is 34.1 Å². The van der Waals surface area contributed by atoms with Crippen LogP contribution in [0, 0.1) is 13.8 Å². The summed E-state index contributed by atoms with van der Waals surface area (Å²) in [6.45, 7) is 6.31. The van der Waals surface area contributed by atoms with E-state index in [9.17, 15) is 14.7 Å². The van der Waals surface area contributed by atoms with Crippen LogP contribution in [0.15, 0.2) is 72.4 Å². The van der Waals surface area contributed by atoms with Crippen LogP contribution in [0.1, 0.15) is 41.9 Å². The lowest BCUT2D eigenvalue weighted by Gasteiger charge is -2.23. The van der Waals surface area contributed by atoms with Crippen molar-refractivity contribution in [2.75, 3.05) is 11.5 Å². The molecule has 1 fully saturated rings. The first kappa shape index (κ1) is 24.8. The standard InChI is InChI=1S/C30H26N4O4S/c1-4-14-38-20-9-7-8-19(16-20)26-24(27(35)25-18(3)31-23-10-5-6-13-33(23)25)28(36)29(37)34(26)30-32-21-12-11-17(2)15-22(21)39-30/h5-13,15-16,26,35H,4,14H2,1-3H3/b27-24+. The summed E-state index contributed by atoms with van der Waals surface area (Å²) in [5, 5.41) is 12.1. The number of imidazole rings is 1. The van der Waals surface area contributed by atoms with Crippen molar-refractivity contribution in [3.8, 4) is 5.75 Å². The molecule has 1 aliphatic rings. The van der Waals surface area contributed by atoms with Crippen molar-refractivity contribution in [1.29, 1.82) is 0 Å². The van der Waals surface area contributed by atoms with Gasteiger partial charge < -0.3 is 9.84 Å². The number of carbonyl (C=O) groups is 2. The largest absolute Gasteiger partial charge is 0.505 e. The lowest BCUT2D eigenvalue weighted by Crippen LogP contribution is -2.29. The van der Waals surface area contributed by atoms with E-state index in [1.165, 1.54) is 16.2 Å². The fourth-order valence-corrected chi connectivity index (χ4v) is 6.08.